The second-order valence-corrected chi connectivity index (χ2v) is 5.27. The first-order valence-corrected chi connectivity index (χ1v) is 6.27. The van der Waals surface area contributed by atoms with Gasteiger partial charge in [-0.1, -0.05) is 13.8 Å². The quantitative estimate of drug-likeness (QED) is 0.797. The van der Waals surface area contributed by atoms with Gasteiger partial charge in [-0.25, -0.2) is 4.98 Å². The third-order valence-electron chi connectivity index (χ3n) is 2.40. The van der Waals surface area contributed by atoms with Gasteiger partial charge in [0.15, 0.2) is 0 Å². The first-order valence-electron chi connectivity index (χ1n) is 5.32. The minimum Gasteiger partial charge on any atom is -0.396 e. The molecule has 0 radical (unpaired) electrons. The van der Waals surface area contributed by atoms with Gasteiger partial charge in [-0.3, -0.25) is 4.79 Å². The number of aliphatic hydroxyl groups is 1. The second-order valence-electron chi connectivity index (χ2n) is 4.55. The van der Waals surface area contributed by atoms with Gasteiger partial charge in [0.05, 0.1) is 5.51 Å². The van der Waals surface area contributed by atoms with Crippen LogP contribution in [0.3, 0.4) is 0 Å². The Morgan fingerprint density at radius 1 is 1.62 bits per heavy atom. The molecule has 5 heteroatoms. The molecule has 1 heterocycles. The van der Waals surface area contributed by atoms with E-state index in [1.165, 1.54) is 11.3 Å². The summed E-state index contributed by atoms with van der Waals surface area (Å²) >= 11 is 1.41. The van der Waals surface area contributed by atoms with Crippen molar-refractivity contribution < 1.29 is 9.90 Å². The van der Waals surface area contributed by atoms with E-state index in [0.717, 1.165) is 12.8 Å². The molecule has 0 spiro atoms. The van der Waals surface area contributed by atoms with Crippen molar-refractivity contribution in [1.29, 1.82) is 0 Å². The van der Waals surface area contributed by atoms with Crippen molar-refractivity contribution in [1.82, 2.24) is 10.3 Å². The number of carbonyl (C=O) groups excluding carboxylic acids is 1. The highest BCUT2D eigenvalue weighted by molar-refractivity contribution is 7.07. The van der Waals surface area contributed by atoms with Crippen LogP contribution in [-0.2, 0) is 0 Å². The Hall–Kier alpha value is -0.940. The van der Waals surface area contributed by atoms with Crippen molar-refractivity contribution in [3.8, 4) is 0 Å². The second kappa shape index (κ2) is 5.96. The van der Waals surface area contributed by atoms with Gasteiger partial charge in [-0.05, 0) is 18.3 Å². The lowest BCUT2D eigenvalue weighted by Gasteiger charge is -2.24. The van der Waals surface area contributed by atoms with Crippen molar-refractivity contribution in [3.63, 3.8) is 0 Å². The van der Waals surface area contributed by atoms with Gasteiger partial charge in [0.25, 0.3) is 5.91 Å². The molecule has 0 aliphatic rings. The van der Waals surface area contributed by atoms with E-state index in [0.29, 0.717) is 12.2 Å². The van der Waals surface area contributed by atoms with Crippen molar-refractivity contribution in [2.24, 2.45) is 5.41 Å². The first kappa shape index (κ1) is 13.1. The fourth-order valence-electron chi connectivity index (χ4n) is 1.38. The Balaban J connectivity index is 2.36. The summed E-state index contributed by atoms with van der Waals surface area (Å²) in [7, 11) is 0. The van der Waals surface area contributed by atoms with Gasteiger partial charge in [0.1, 0.15) is 5.69 Å². The molecule has 0 atom stereocenters. The fraction of sp³-hybridized carbons (Fsp3) is 0.636. The van der Waals surface area contributed by atoms with Crippen molar-refractivity contribution >= 4 is 17.2 Å². The maximum Gasteiger partial charge on any atom is 0.270 e. The predicted octanol–water partition coefficient (Wildman–Crippen LogP) is 1.67. The number of thiazole rings is 1. The number of aliphatic hydroxyl groups excluding tert-OH is 1. The molecule has 1 aromatic heterocycles. The zero-order valence-electron chi connectivity index (χ0n) is 9.69. The van der Waals surface area contributed by atoms with E-state index in [2.05, 4.69) is 24.1 Å². The third kappa shape index (κ3) is 4.28. The molecule has 0 bridgehead atoms. The number of amides is 1. The van der Waals surface area contributed by atoms with Gasteiger partial charge in [0.2, 0.25) is 0 Å². The number of nitrogens with zero attached hydrogens (tertiary/aromatic N) is 1. The summed E-state index contributed by atoms with van der Waals surface area (Å²) in [5.74, 6) is -0.127. The van der Waals surface area contributed by atoms with E-state index < -0.39 is 0 Å². The minimum absolute atomic E-state index is 0.00834. The molecule has 0 saturated heterocycles. The topological polar surface area (TPSA) is 62.2 Å². The molecule has 0 fully saturated rings. The fourth-order valence-corrected chi connectivity index (χ4v) is 1.91. The Bertz CT molecular complexity index is 323. The van der Waals surface area contributed by atoms with Crippen LogP contribution in [0.25, 0.3) is 0 Å². The number of hydrogen-bond acceptors (Lipinski definition) is 4. The zero-order chi connectivity index (χ0) is 12.0. The summed E-state index contributed by atoms with van der Waals surface area (Å²) in [6.45, 7) is 4.95. The van der Waals surface area contributed by atoms with Crippen molar-refractivity contribution in [2.45, 2.75) is 26.7 Å². The normalized spacial score (nSPS) is 11.4. The highest BCUT2D eigenvalue weighted by atomic mass is 32.1. The van der Waals surface area contributed by atoms with Crippen LogP contribution in [0, 0.1) is 5.41 Å². The summed E-state index contributed by atoms with van der Waals surface area (Å²) < 4.78 is 0. The van der Waals surface area contributed by atoms with Crippen LogP contribution in [0.1, 0.15) is 37.2 Å². The molecule has 1 amide bonds. The molecule has 0 unspecified atom stereocenters. The third-order valence-corrected chi connectivity index (χ3v) is 2.99. The van der Waals surface area contributed by atoms with Crippen LogP contribution in [-0.4, -0.2) is 29.1 Å². The van der Waals surface area contributed by atoms with Crippen LogP contribution in [0.5, 0.6) is 0 Å². The molecule has 4 nitrogen and oxygen atoms in total. The number of hydrogen-bond donors (Lipinski definition) is 2. The van der Waals surface area contributed by atoms with E-state index in [1.54, 1.807) is 10.9 Å². The molecule has 1 aromatic rings. The van der Waals surface area contributed by atoms with E-state index in [4.69, 9.17) is 5.11 Å². The molecule has 1 rings (SSSR count). The van der Waals surface area contributed by atoms with Crippen LogP contribution >= 0.6 is 11.3 Å². The van der Waals surface area contributed by atoms with Gasteiger partial charge in [-0.2, -0.15) is 0 Å². The average Bonchev–Trinajstić information content (AvgIpc) is 2.77. The highest BCUT2D eigenvalue weighted by Gasteiger charge is 2.19. The summed E-state index contributed by atoms with van der Waals surface area (Å²) in [5, 5.41) is 13.4. The summed E-state index contributed by atoms with van der Waals surface area (Å²) in [4.78, 5) is 15.6. The monoisotopic (exact) mass is 242 g/mol. The summed E-state index contributed by atoms with van der Waals surface area (Å²) in [6, 6.07) is 0. The lowest BCUT2D eigenvalue weighted by molar-refractivity contribution is 0.0928. The standard InChI is InChI=1S/C11H18N2O2S/c1-11(2,4-3-5-14)7-12-10(15)9-6-16-8-13-9/h6,8,14H,3-5,7H2,1-2H3,(H,12,15). The molecule has 0 aromatic carbocycles. The van der Waals surface area contributed by atoms with Crippen LogP contribution < -0.4 is 5.32 Å². The van der Waals surface area contributed by atoms with E-state index in [9.17, 15) is 4.79 Å². The lowest BCUT2D eigenvalue weighted by Crippen LogP contribution is -2.34. The van der Waals surface area contributed by atoms with Crippen LogP contribution in [0.15, 0.2) is 10.9 Å². The molecule has 90 valence electrons. The van der Waals surface area contributed by atoms with Gasteiger partial charge in [0, 0.05) is 18.5 Å². The molecule has 0 saturated carbocycles. The Morgan fingerprint density at radius 2 is 2.38 bits per heavy atom. The molecular weight excluding hydrogens is 224 g/mol. The summed E-state index contributed by atoms with van der Waals surface area (Å²) in [5.41, 5.74) is 2.13. The highest BCUT2D eigenvalue weighted by Crippen LogP contribution is 2.20. The smallest absolute Gasteiger partial charge is 0.270 e. The Morgan fingerprint density at radius 3 is 2.94 bits per heavy atom. The molecule has 0 aliphatic carbocycles. The van der Waals surface area contributed by atoms with E-state index in [1.807, 2.05) is 0 Å². The Labute approximate surface area is 99.7 Å². The number of aromatic nitrogens is 1. The number of nitrogens with one attached hydrogen (secondary N) is 1. The molecule has 16 heavy (non-hydrogen) atoms. The van der Waals surface area contributed by atoms with Gasteiger partial charge >= 0.3 is 0 Å². The van der Waals surface area contributed by atoms with Gasteiger partial charge in [-0.15, -0.1) is 11.3 Å². The number of rotatable bonds is 6. The zero-order valence-corrected chi connectivity index (χ0v) is 10.5. The van der Waals surface area contributed by atoms with Crippen molar-refractivity contribution in [2.75, 3.05) is 13.2 Å². The summed E-state index contributed by atoms with van der Waals surface area (Å²) in [6.07, 6.45) is 1.65. The molecule has 2 N–H and O–H groups in total. The largest absolute Gasteiger partial charge is 0.396 e. The molecule has 0 aliphatic heterocycles. The Kier molecular flexibility index (Phi) is 4.89. The predicted molar refractivity (Wildman–Crippen MR) is 64.5 cm³/mol. The van der Waals surface area contributed by atoms with Crippen LogP contribution in [0.4, 0.5) is 0 Å². The number of carbonyl (C=O) groups is 1. The van der Waals surface area contributed by atoms with Crippen LogP contribution in [0.2, 0.25) is 0 Å². The van der Waals surface area contributed by atoms with Crippen molar-refractivity contribution in [3.05, 3.63) is 16.6 Å². The lowest BCUT2D eigenvalue weighted by atomic mass is 9.88. The van der Waals surface area contributed by atoms with E-state index >= 15 is 0 Å². The first-order chi connectivity index (χ1) is 7.55. The van der Waals surface area contributed by atoms with E-state index in [-0.39, 0.29) is 17.9 Å². The molecular formula is C11H18N2O2S. The average molecular weight is 242 g/mol. The SMILES string of the molecule is CC(C)(CCCO)CNC(=O)c1cscn1. The maximum absolute atomic E-state index is 11.6. The maximum atomic E-state index is 11.6. The minimum atomic E-state index is -0.127. The van der Waals surface area contributed by atoms with Gasteiger partial charge < -0.3 is 10.4 Å².